The van der Waals surface area contributed by atoms with Gasteiger partial charge < -0.3 is 5.11 Å². The molecular weight excluding hydrogens is 238 g/mol. The molecule has 1 N–H and O–H groups in total. The Morgan fingerprint density at radius 3 is 2.33 bits per heavy atom. The molecule has 0 saturated carbocycles. The lowest BCUT2D eigenvalue weighted by atomic mass is 9.96. The molecule has 1 unspecified atom stereocenters. The van der Waals surface area contributed by atoms with Gasteiger partial charge in [0.25, 0.3) is 0 Å². The second-order valence-corrected chi connectivity index (χ2v) is 4.56. The lowest BCUT2D eigenvalue weighted by Gasteiger charge is -2.12. The molecule has 1 aromatic carbocycles. The highest BCUT2D eigenvalue weighted by Gasteiger charge is 2.37. The summed E-state index contributed by atoms with van der Waals surface area (Å²) < 4.78 is 25.8. The van der Waals surface area contributed by atoms with Crippen LogP contribution in [-0.2, 0) is 11.2 Å². The lowest BCUT2D eigenvalue weighted by molar-refractivity contribution is -0.165. The summed E-state index contributed by atoms with van der Waals surface area (Å²) in [5.41, 5.74) is 1.91. The Morgan fingerprint density at radius 1 is 1.33 bits per heavy atom. The number of aliphatic carboxylic acids is 1. The van der Waals surface area contributed by atoms with Gasteiger partial charge in [-0.25, -0.2) is 4.79 Å². The number of hydrogen-bond acceptors (Lipinski definition) is 1. The van der Waals surface area contributed by atoms with Crippen LogP contribution < -0.4 is 0 Å². The summed E-state index contributed by atoms with van der Waals surface area (Å²) in [6.45, 7) is 4.19. The van der Waals surface area contributed by atoms with Crippen molar-refractivity contribution in [1.29, 1.82) is 0 Å². The van der Waals surface area contributed by atoms with E-state index in [2.05, 4.69) is 13.8 Å². The molecule has 0 fully saturated rings. The first-order valence-corrected chi connectivity index (χ1v) is 6.07. The molecule has 18 heavy (non-hydrogen) atoms. The van der Waals surface area contributed by atoms with E-state index < -0.39 is 18.3 Å². The van der Waals surface area contributed by atoms with Crippen molar-refractivity contribution < 1.29 is 18.7 Å². The standard InChI is InChI=1S/C14H18F2O2/c1-3-10(2)12-6-4-11(5-7-12)8-9-14(15,16)13(17)18/h4-7,10H,3,8-9H2,1-2H3,(H,17,18). The van der Waals surface area contributed by atoms with Gasteiger partial charge in [0.1, 0.15) is 0 Å². The van der Waals surface area contributed by atoms with Gasteiger partial charge in [0.2, 0.25) is 0 Å². The molecule has 0 saturated heterocycles. The van der Waals surface area contributed by atoms with Crippen molar-refractivity contribution in [3.8, 4) is 0 Å². The third-order valence-corrected chi connectivity index (χ3v) is 3.20. The first-order valence-electron chi connectivity index (χ1n) is 6.07. The fraction of sp³-hybridized carbons (Fsp3) is 0.500. The van der Waals surface area contributed by atoms with Crippen LogP contribution in [0.1, 0.15) is 43.7 Å². The quantitative estimate of drug-likeness (QED) is 0.839. The van der Waals surface area contributed by atoms with Crippen LogP contribution in [-0.4, -0.2) is 17.0 Å². The van der Waals surface area contributed by atoms with Crippen LogP contribution in [0.2, 0.25) is 0 Å². The maximum atomic E-state index is 12.9. The van der Waals surface area contributed by atoms with Gasteiger partial charge >= 0.3 is 11.9 Å². The van der Waals surface area contributed by atoms with Crippen molar-refractivity contribution in [1.82, 2.24) is 0 Å². The van der Waals surface area contributed by atoms with E-state index in [-0.39, 0.29) is 6.42 Å². The summed E-state index contributed by atoms with van der Waals surface area (Å²) in [7, 11) is 0. The summed E-state index contributed by atoms with van der Waals surface area (Å²) in [5, 5.41) is 8.32. The Morgan fingerprint density at radius 2 is 1.89 bits per heavy atom. The summed E-state index contributed by atoms with van der Waals surface area (Å²) in [6.07, 6.45) is 0.432. The SMILES string of the molecule is CCC(C)c1ccc(CCC(F)(F)C(=O)O)cc1. The molecule has 1 aromatic rings. The molecule has 0 aliphatic rings. The van der Waals surface area contributed by atoms with Crippen molar-refractivity contribution in [3.05, 3.63) is 35.4 Å². The highest BCUT2D eigenvalue weighted by atomic mass is 19.3. The smallest absolute Gasteiger partial charge is 0.374 e. The molecule has 100 valence electrons. The number of hydrogen-bond donors (Lipinski definition) is 1. The normalized spacial score (nSPS) is 13.3. The van der Waals surface area contributed by atoms with Crippen LogP contribution in [0.3, 0.4) is 0 Å². The van der Waals surface area contributed by atoms with E-state index in [9.17, 15) is 13.6 Å². The van der Waals surface area contributed by atoms with E-state index in [1.165, 1.54) is 5.56 Å². The van der Waals surface area contributed by atoms with Gasteiger partial charge in [-0.2, -0.15) is 8.78 Å². The minimum Gasteiger partial charge on any atom is -0.477 e. The molecule has 0 aromatic heterocycles. The predicted molar refractivity (Wildman–Crippen MR) is 66.1 cm³/mol. The Bertz CT molecular complexity index is 399. The van der Waals surface area contributed by atoms with Gasteiger partial charge in [-0.3, -0.25) is 0 Å². The molecule has 0 aliphatic carbocycles. The molecule has 2 nitrogen and oxygen atoms in total. The third kappa shape index (κ3) is 3.79. The summed E-state index contributed by atoms with van der Waals surface area (Å²) >= 11 is 0. The second kappa shape index (κ2) is 5.94. The molecule has 0 amide bonds. The Balaban J connectivity index is 2.62. The van der Waals surface area contributed by atoms with Crippen molar-refractivity contribution in [2.24, 2.45) is 0 Å². The number of carboxylic acids is 1. The lowest BCUT2D eigenvalue weighted by Crippen LogP contribution is -2.28. The number of aryl methyl sites for hydroxylation is 1. The molecule has 4 heteroatoms. The van der Waals surface area contributed by atoms with Crippen molar-refractivity contribution in [3.63, 3.8) is 0 Å². The topological polar surface area (TPSA) is 37.3 Å². The van der Waals surface area contributed by atoms with E-state index in [1.807, 2.05) is 12.1 Å². The van der Waals surface area contributed by atoms with Gasteiger partial charge in [0.15, 0.2) is 0 Å². The molecular formula is C14H18F2O2. The van der Waals surface area contributed by atoms with Crippen LogP contribution in [0.4, 0.5) is 8.78 Å². The zero-order valence-electron chi connectivity index (χ0n) is 10.6. The maximum absolute atomic E-state index is 12.9. The molecule has 1 rings (SSSR count). The Kier molecular flexibility index (Phi) is 4.82. The molecule has 0 spiro atoms. The highest BCUT2D eigenvalue weighted by molar-refractivity contribution is 5.75. The molecule has 0 radical (unpaired) electrons. The number of alkyl halides is 2. The first-order chi connectivity index (χ1) is 8.36. The van der Waals surface area contributed by atoms with Crippen molar-refractivity contribution in [2.45, 2.75) is 45.0 Å². The number of halogens is 2. The van der Waals surface area contributed by atoms with Gasteiger partial charge in [0, 0.05) is 6.42 Å². The van der Waals surface area contributed by atoms with E-state index >= 15 is 0 Å². The van der Waals surface area contributed by atoms with Gasteiger partial charge in [-0.1, -0.05) is 38.1 Å². The van der Waals surface area contributed by atoms with Crippen LogP contribution in [0.15, 0.2) is 24.3 Å². The highest BCUT2D eigenvalue weighted by Crippen LogP contribution is 2.23. The number of carboxylic acid groups (broad SMARTS) is 1. The zero-order valence-corrected chi connectivity index (χ0v) is 10.6. The second-order valence-electron chi connectivity index (χ2n) is 4.56. The van der Waals surface area contributed by atoms with Crippen LogP contribution in [0, 0.1) is 0 Å². The predicted octanol–water partition coefficient (Wildman–Crippen LogP) is 3.85. The summed E-state index contributed by atoms with van der Waals surface area (Å²) in [5.74, 6) is -5.26. The number of carbonyl (C=O) groups is 1. The monoisotopic (exact) mass is 256 g/mol. The minimum absolute atomic E-state index is 0.0695. The fourth-order valence-electron chi connectivity index (χ4n) is 1.66. The first kappa shape index (κ1) is 14.6. The Labute approximate surface area is 106 Å². The van der Waals surface area contributed by atoms with E-state index in [4.69, 9.17) is 5.11 Å². The Hall–Kier alpha value is -1.45. The summed E-state index contributed by atoms with van der Waals surface area (Å²) in [6, 6.07) is 7.42. The number of rotatable bonds is 6. The maximum Gasteiger partial charge on any atom is 0.374 e. The van der Waals surface area contributed by atoms with Gasteiger partial charge in [-0.05, 0) is 29.9 Å². The zero-order chi connectivity index (χ0) is 13.8. The van der Waals surface area contributed by atoms with Gasteiger partial charge in [-0.15, -0.1) is 0 Å². The van der Waals surface area contributed by atoms with Crippen LogP contribution in [0.5, 0.6) is 0 Å². The third-order valence-electron chi connectivity index (χ3n) is 3.20. The molecule has 0 aliphatic heterocycles. The molecule has 0 bridgehead atoms. The van der Waals surface area contributed by atoms with Crippen molar-refractivity contribution >= 4 is 5.97 Å². The van der Waals surface area contributed by atoms with Gasteiger partial charge in [0.05, 0.1) is 0 Å². The molecule has 0 heterocycles. The fourth-order valence-corrected chi connectivity index (χ4v) is 1.66. The van der Waals surface area contributed by atoms with Crippen molar-refractivity contribution in [2.75, 3.05) is 0 Å². The average Bonchev–Trinajstić information content (AvgIpc) is 2.36. The van der Waals surface area contributed by atoms with E-state index in [1.54, 1.807) is 12.1 Å². The van der Waals surface area contributed by atoms with Crippen LogP contribution in [0.25, 0.3) is 0 Å². The summed E-state index contributed by atoms with van der Waals surface area (Å²) in [4.78, 5) is 10.3. The minimum atomic E-state index is -3.64. The largest absolute Gasteiger partial charge is 0.477 e. The number of benzene rings is 1. The van der Waals surface area contributed by atoms with Crippen LogP contribution >= 0.6 is 0 Å². The average molecular weight is 256 g/mol. The van der Waals surface area contributed by atoms with E-state index in [0.29, 0.717) is 5.92 Å². The molecule has 1 atom stereocenters. The van der Waals surface area contributed by atoms with E-state index in [0.717, 1.165) is 12.0 Å².